The molecule has 0 radical (unpaired) electrons. The number of methoxy groups -OCH3 is 1. The van der Waals surface area contributed by atoms with E-state index in [-0.39, 0.29) is 12.1 Å². The summed E-state index contributed by atoms with van der Waals surface area (Å²) in [6, 6.07) is 34.6. The predicted octanol–water partition coefficient (Wildman–Crippen LogP) is 10.4. The molecule has 0 saturated carbocycles. The smallest absolute Gasteiger partial charge is 0.161 e. The van der Waals surface area contributed by atoms with E-state index in [1.807, 2.05) is 26.0 Å². The molecule has 0 bridgehead atoms. The van der Waals surface area contributed by atoms with Gasteiger partial charge in [-0.25, -0.2) is 9.97 Å². The third-order valence-electron chi connectivity index (χ3n) is 12.0. The fourth-order valence-corrected chi connectivity index (χ4v) is 9.18. The molecule has 10 heteroatoms. The van der Waals surface area contributed by atoms with Gasteiger partial charge in [-0.2, -0.15) is 0 Å². The van der Waals surface area contributed by atoms with Gasteiger partial charge in [-0.15, -0.1) is 0 Å². The van der Waals surface area contributed by atoms with Crippen molar-refractivity contribution in [2.75, 3.05) is 56.5 Å². The van der Waals surface area contributed by atoms with Crippen molar-refractivity contribution in [2.24, 2.45) is 0 Å². The Morgan fingerprint density at radius 3 is 1.54 bits per heavy atom. The number of benzene rings is 4. The van der Waals surface area contributed by atoms with E-state index in [2.05, 4.69) is 119 Å². The van der Waals surface area contributed by atoms with Crippen molar-refractivity contribution >= 4 is 45.0 Å². The van der Waals surface area contributed by atoms with Crippen LogP contribution in [0.5, 0.6) is 17.2 Å². The number of hydrogen-bond donors (Lipinski definition) is 0. The van der Waals surface area contributed by atoms with Crippen LogP contribution in [0.2, 0.25) is 5.02 Å². The second-order valence-corrected chi connectivity index (χ2v) is 16.4. The highest BCUT2D eigenvalue weighted by Gasteiger charge is 2.37. The number of para-hydroxylation sites is 2. The largest absolute Gasteiger partial charge is 0.493 e. The van der Waals surface area contributed by atoms with Gasteiger partial charge in [0, 0.05) is 50.0 Å². The molecule has 8 rings (SSSR count). The molecule has 0 spiro atoms. The van der Waals surface area contributed by atoms with Gasteiger partial charge in [-0.3, -0.25) is 19.8 Å². The molecule has 2 aromatic heterocycles. The van der Waals surface area contributed by atoms with Gasteiger partial charge in [-0.05, 0) is 124 Å². The van der Waals surface area contributed by atoms with Crippen molar-refractivity contribution in [3.8, 4) is 17.2 Å². The molecule has 4 aromatic carbocycles. The molecule has 0 amide bonds. The topological polar surface area (TPSA) is 66.4 Å². The van der Waals surface area contributed by atoms with Gasteiger partial charge in [0.05, 0.1) is 48.5 Å². The van der Waals surface area contributed by atoms with Gasteiger partial charge in [-0.1, -0.05) is 60.1 Å². The number of halogens is 1. The van der Waals surface area contributed by atoms with Gasteiger partial charge in [0.15, 0.2) is 11.5 Å². The summed E-state index contributed by atoms with van der Waals surface area (Å²) in [6.45, 7) is 15.2. The number of aromatic nitrogens is 2. The van der Waals surface area contributed by atoms with Crippen molar-refractivity contribution < 1.29 is 14.2 Å². The Morgan fingerprint density at radius 1 is 0.593 bits per heavy atom. The van der Waals surface area contributed by atoms with Crippen LogP contribution in [0.1, 0.15) is 61.8 Å². The number of ether oxygens (including phenoxy) is 3. The number of pyridine rings is 2. The minimum atomic E-state index is 0.214. The number of nitrogens with zero attached hydrogens (tertiary/aromatic N) is 6. The number of piperidine rings is 2. The first kappa shape index (κ1) is 40.7. The summed E-state index contributed by atoms with van der Waals surface area (Å²) in [5.41, 5.74) is 6.93. The van der Waals surface area contributed by atoms with E-state index < -0.39 is 0 Å². The zero-order valence-corrected chi connectivity index (χ0v) is 35.9. The summed E-state index contributed by atoms with van der Waals surface area (Å²) >= 11 is 6.46. The highest BCUT2D eigenvalue weighted by atomic mass is 35.5. The van der Waals surface area contributed by atoms with Gasteiger partial charge < -0.3 is 14.2 Å². The molecule has 4 heterocycles. The SMILES string of the molecule is CCOc1cc(CN2CCC(N(c3cc(C)c4ccccc4n3)N(c3cc(C)c4ccccc4n3)C3CCN(Cc4ccc(OC)c(OCC)c4)CC3)CC2)ccc1Cl. The molecule has 59 heavy (non-hydrogen) atoms. The number of aryl methyl sites for hydroxylation is 2. The van der Waals surface area contributed by atoms with Crippen molar-refractivity contribution in [2.45, 2.75) is 78.6 Å². The first-order chi connectivity index (χ1) is 28.8. The fourth-order valence-electron chi connectivity index (χ4n) is 9.01. The molecule has 308 valence electrons. The molecule has 6 aromatic rings. The van der Waals surface area contributed by atoms with E-state index in [0.717, 1.165) is 105 Å². The van der Waals surface area contributed by atoms with Crippen LogP contribution < -0.4 is 24.2 Å². The molecule has 0 aliphatic carbocycles. The first-order valence-electron chi connectivity index (χ1n) is 21.3. The third kappa shape index (κ3) is 9.08. The van der Waals surface area contributed by atoms with Crippen molar-refractivity contribution in [3.05, 3.63) is 124 Å². The van der Waals surface area contributed by atoms with Crippen LogP contribution in [0.4, 0.5) is 11.6 Å². The molecule has 2 fully saturated rings. The minimum absolute atomic E-state index is 0.214. The molecule has 0 N–H and O–H groups in total. The number of fused-ring (bicyclic) bond motifs is 2. The number of anilines is 2. The van der Waals surface area contributed by atoms with Crippen LogP contribution in [-0.4, -0.2) is 78.4 Å². The van der Waals surface area contributed by atoms with Gasteiger partial charge in [0.25, 0.3) is 0 Å². The average molecular weight is 813 g/mol. The maximum Gasteiger partial charge on any atom is 0.161 e. The monoisotopic (exact) mass is 812 g/mol. The Labute approximate surface area is 354 Å². The molecule has 2 aliphatic rings. The lowest BCUT2D eigenvalue weighted by Gasteiger charge is -2.49. The van der Waals surface area contributed by atoms with Crippen LogP contribution in [0.15, 0.2) is 97.1 Å². The van der Waals surface area contributed by atoms with Crippen LogP contribution >= 0.6 is 11.6 Å². The average Bonchev–Trinajstić information content (AvgIpc) is 3.25. The lowest BCUT2D eigenvalue weighted by Crippen LogP contribution is -2.59. The van der Waals surface area contributed by atoms with Crippen molar-refractivity contribution in [1.29, 1.82) is 0 Å². The Bertz CT molecular complexity index is 2370. The van der Waals surface area contributed by atoms with Crippen LogP contribution in [0.25, 0.3) is 21.8 Å². The Morgan fingerprint density at radius 2 is 1.05 bits per heavy atom. The second-order valence-electron chi connectivity index (χ2n) is 15.9. The van der Waals surface area contributed by atoms with E-state index in [4.69, 9.17) is 35.8 Å². The van der Waals surface area contributed by atoms with E-state index in [1.165, 1.54) is 33.0 Å². The molecular formula is C49H57ClN6O3. The Kier molecular flexibility index (Phi) is 12.7. The van der Waals surface area contributed by atoms with Gasteiger partial charge in [0.2, 0.25) is 0 Å². The maximum absolute atomic E-state index is 6.46. The summed E-state index contributed by atoms with van der Waals surface area (Å²) in [5.74, 6) is 4.29. The fraction of sp³-hybridized carbons (Fsp3) is 0.388. The standard InChI is InChI=1S/C49H57ClN6O3/c1-6-58-46-30-36(16-18-42(46)50)32-53-24-20-38(21-25-53)55(48-28-34(3)40-12-8-10-14-43(40)51-48)56(49-29-35(4)41-13-9-11-15-44(41)52-49)39-22-26-54(27-23-39)33-37-17-19-45(57-5)47(31-37)59-7-2/h8-19,28-31,38-39H,6-7,20-27,32-33H2,1-5H3. The first-order valence-corrected chi connectivity index (χ1v) is 21.7. The summed E-state index contributed by atoms with van der Waals surface area (Å²) < 4.78 is 17.3. The highest BCUT2D eigenvalue weighted by molar-refractivity contribution is 6.32. The van der Waals surface area contributed by atoms with Crippen LogP contribution in [-0.2, 0) is 13.1 Å². The van der Waals surface area contributed by atoms with E-state index >= 15 is 0 Å². The zero-order valence-electron chi connectivity index (χ0n) is 35.2. The summed E-state index contributed by atoms with van der Waals surface area (Å²) in [4.78, 5) is 16.0. The van der Waals surface area contributed by atoms with Crippen molar-refractivity contribution in [1.82, 2.24) is 19.8 Å². The summed E-state index contributed by atoms with van der Waals surface area (Å²) in [7, 11) is 1.70. The predicted molar refractivity (Wildman–Crippen MR) is 241 cm³/mol. The van der Waals surface area contributed by atoms with E-state index in [0.29, 0.717) is 18.2 Å². The highest BCUT2D eigenvalue weighted by Crippen LogP contribution is 2.37. The quantitative estimate of drug-likeness (QED) is 0.100. The molecule has 9 nitrogen and oxygen atoms in total. The van der Waals surface area contributed by atoms with Crippen molar-refractivity contribution in [3.63, 3.8) is 0 Å². The molecule has 0 unspecified atom stereocenters. The third-order valence-corrected chi connectivity index (χ3v) is 12.3. The summed E-state index contributed by atoms with van der Waals surface area (Å²) in [6.07, 6.45) is 3.95. The Balaban J connectivity index is 1.13. The van der Waals surface area contributed by atoms with Gasteiger partial charge in [0.1, 0.15) is 17.4 Å². The Hall–Kier alpha value is -5.09. The zero-order chi connectivity index (χ0) is 40.9. The number of hydrogen-bond acceptors (Lipinski definition) is 9. The van der Waals surface area contributed by atoms with Gasteiger partial charge >= 0.3 is 0 Å². The van der Waals surface area contributed by atoms with Crippen LogP contribution in [0.3, 0.4) is 0 Å². The lowest BCUT2D eigenvalue weighted by molar-refractivity contribution is 0.183. The molecule has 0 atom stereocenters. The normalized spacial score (nSPS) is 15.8. The number of hydrazine groups is 1. The lowest BCUT2D eigenvalue weighted by atomic mass is 10.00. The van der Waals surface area contributed by atoms with E-state index in [9.17, 15) is 0 Å². The molecular weight excluding hydrogens is 756 g/mol. The van der Waals surface area contributed by atoms with Crippen LogP contribution in [0, 0.1) is 13.8 Å². The summed E-state index contributed by atoms with van der Waals surface area (Å²) in [5, 5.41) is 8.14. The molecule has 2 aliphatic heterocycles. The maximum atomic E-state index is 6.46. The number of likely N-dealkylation sites (tertiary alicyclic amines) is 2. The second kappa shape index (κ2) is 18.4. The minimum Gasteiger partial charge on any atom is -0.493 e. The van der Waals surface area contributed by atoms with E-state index in [1.54, 1.807) is 7.11 Å². The number of rotatable bonds is 14. The molecule has 2 saturated heterocycles.